The quantitative estimate of drug-likeness (QED) is 0.417. The number of β-lactam (4-membered cyclic amide) rings is 1. The van der Waals surface area contributed by atoms with Crippen LogP contribution in [0.15, 0.2) is 23.2 Å². The Kier molecular flexibility index (Phi) is 4.75. The van der Waals surface area contributed by atoms with Gasteiger partial charge in [0.1, 0.15) is 25.1 Å². The third-order valence-electron chi connectivity index (χ3n) is 5.56. The number of aromatic nitrogens is 2. The number of fused-ring (bicyclic) bond motifs is 2. The molecule has 2 aromatic rings. The molecule has 7 nitrogen and oxygen atoms in total. The summed E-state index contributed by atoms with van der Waals surface area (Å²) >= 11 is 2.95. The van der Waals surface area contributed by atoms with E-state index in [0.29, 0.717) is 5.57 Å². The van der Waals surface area contributed by atoms with Crippen LogP contribution in [0.4, 0.5) is 4.39 Å². The van der Waals surface area contributed by atoms with Crippen LogP contribution >= 0.6 is 23.1 Å². The molecule has 150 valence electrons. The minimum Gasteiger partial charge on any atom is -0.477 e. The van der Waals surface area contributed by atoms with Gasteiger partial charge >= 0.3 is 5.97 Å². The standard InChI is InChI=1S/C18H20FN3O4S2/c1-8-11(14(18(25)26)22-13(8)12(9(2)23)15(22)24)10-6-21-7-20(5-4-19)16(27-3)17(21)28-10/h6-9,12-13,23H,4-5H2,1-3H3/p+1/t8-,9+,12+,13+/m0/s1. The minimum absolute atomic E-state index is 0.00578. The zero-order valence-electron chi connectivity index (χ0n) is 15.6. The van der Waals surface area contributed by atoms with Gasteiger partial charge in [-0.15, -0.1) is 0 Å². The van der Waals surface area contributed by atoms with E-state index in [9.17, 15) is 24.2 Å². The van der Waals surface area contributed by atoms with E-state index < -0.39 is 24.7 Å². The maximum absolute atomic E-state index is 12.8. The number of hydrogen-bond acceptors (Lipinski definition) is 5. The highest BCUT2D eigenvalue weighted by Gasteiger charge is 2.60. The zero-order valence-corrected chi connectivity index (χ0v) is 17.3. The van der Waals surface area contributed by atoms with Crippen LogP contribution in [0, 0.1) is 11.8 Å². The summed E-state index contributed by atoms with van der Waals surface area (Å²) in [6.07, 6.45) is 4.74. The second kappa shape index (κ2) is 6.85. The number of thioether (sulfide) groups is 1. The van der Waals surface area contributed by atoms with Crippen LogP contribution < -0.4 is 4.57 Å². The lowest BCUT2D eigenvalue weighted by Gasteiger charge is -2.46. The molecular formula is C18H21FN3O4S2+. The molecule has 0 spiro atoms. The summed E-state index contributed by atoms with van der Waals surface area (Å²) in [5.41, 5.74) is 0.623. The van der Waals surface area contributed by atoms with Crippen molar-refractivity contribution in [2.24, 2.45) is 11.8 Å². The van der Waals surface area contributed by atoms with E-state index in [0.717, 1.165) is 14.7 Å². The molecule has 0 aromatic carbocycles. The topological polar surface area (TPSA) is 86.1 Å². The molecule has 1 saturated heterocycles. The summed E-state index contributed by atoms with van der Waals surface area (Å²) in [6, 6.07) is -0.341. The van der Waals surface area contributed by atoms with Crippen molar-refractivity contribution in [3.63, 3.8) is 0 Å². The van der Waals surface area contributed by atoms with E-state index in [2.05, 4.69) is 0 Å². The molecule has 0 saturated carbocycles. The maximum Gasteiger partial charge on any atom is 0.352 e. The number of halogens is 1. The largest absolute Gasteiger partial charge is 0.477 e. The van der Waals surface area contributed by atoms with E-state index in [-0.39, 0.29) is 30.1 Å². The number of aliphatic hydroxyl groups is 1. The van der Waals surface area contributed by atoms with E-state index >= 15 is 0 Å². The molecule has 10 heteroatoms. The molecule has 0 unspecified atom stereocenters. The Hall–Kier alpha value is -1.91. The lowest BCUT2D eigenvalue weighted by molar-refractivity contribution is -0.729. The third kappa shape index (κ3) is 2.54. The molecule has 1 amide bonds. The zero-order chi connectivity index (χ0) is 20.3. The predicted molar refractivity (Wildman–Crippen MR) is 103 cm³/mol. The van der Waals surface area contributed by atoms with E-state index in [1.54, 1.807) is 13.3 Å². The fourth-order valence-corrected chi connectivity index (χ4v) is 6.61. The number of hydrogen-bond donors (Lipinski definition) is 2. The monoisotopic (exact) mass is 426 g/mol. The van der Waals surface area contributed by atoms with Crippen molar-refractivity contribution in [2.45, 2.75) is 37.6 Å². The van der Waals surface area contributed by atoms with Gasteiger partial charge in [-0.05, 0) is 13.2 Å². The summed E-state index contributed by atoms with van der Waals surface area (Å²) in [7, 11) is 0. The summed E-state index contributed by atoms with van der Waals surface area (Å²) in [4.78, 5) is 27.5. The Morgan fingerprint density at radius 3 is 2.79 bits per heavy atom. The van der Waals surface area contributed by atoms with Crippen LogP contribution in [-0.2, 0) is 16.1 Å². The van der Waals surface area contributed by atoms with Crippen molar-refractivity contribution < 1.29 is 28.8 Å². The molecule has 1 fully saturated rings. The normalized spacial score (nSPS) is 25.4. The summed E-state index contributed by atoms with van der Waals surface area (Å²) < 4.78 is 16.5. The molecule has 0 bridgehead atoms. The number of alkyl halides is 1. The number of amides is 1. The second-order valence-electron chi connectivity index (χ2n) is 7.14. The van der Waals surface area contributed by atoms with Crippen LogP contribution in [0.1, 0.15) is 18.7 Å². The first kappa shape index (κ1) is 19.4. The van der Waals surface area contributed by atoms with Crippen LogP contribution in [0.5, 0.6) is 0 Å². The van der Waals surface area contributed by atoms with Crippen molar-refractivity contribution in [1.82, 2.24) is 9.30 Å². The third-order valence-corrected chi connectivity index (χ3v) is 7.65. The van der Waals surface area contributed by atoms with Crippen molar-refractivity contribution in [3.05, 3.63) is 23.1 Å². The number of aryl methyl sites for hydroxylation is 1. The molecule has 2 aliphatic heterocycles. The van der Waals surface area contributed by atoms with Gasteiger partial charge in [0.2, 0.25) is 15.8 Å². The van der Waals surface area contributed by atoms with Crippen LogP contribution in [0.2, 0.25) is 0 Å². The number of rotatable bonds is 6. The molecule has 4 heterocycles. The number of carboxylic acid groups (broad SMARTS) is 1. The Labute approximate surface area is 169 Å². The van der Waals surface area contributed by atoms with Crippen molar-refractivity contribution in [2.75, 3.05) is 12.9 Å². The first-order valence-electron chi connectivity index (χ1n) is 8.94. The van der Waals surface area contributed by atoms with Crippen molar-refractivity contribution in [3.8, 4) is 0 Å². The average Bonchev–Trinajstić information content (AvgIpc) is 3.22. The highest BCUT2D eigenvalue weighted by atomic mass is 32.2. The molecule has 2 aromatic heterocycles. The van der Waals surface area contributed by atoms with Gasteiger partial charge in [-0.3, -0.25) is 4.79 Å². The molecule has 28 heavy (non-hydrogen) atoms. The van der Waals surface area contributed by atoms with E-state index in [1.807, 2.05) is 28.3 Å². The Balaban J connectivity index is 1.83. The fourth-order valence-electron chi connectivity index (χ4n) is 4.41. The lowest BCUT2D eigenvalue weighted by atomic mass is 9.77. The van der Waals surface area contributed by atoms with Crippen molar-refractivity contribution in [1.29, 1.82) is 0 Å². The number of carbonyl (C=O) groups excluding carboxylic acids is 1. The van der Waals surface area contributed by atoms with Crippen molar-refractivity contribution >= 4 is 45.4 Å². The number of imidazole rings is 1. The number of aliphatic hydroxyl groups excluding tert-OH is 1. The summed E-state index contributed by atoms with van der Waals surface area (Å²) in [5, 5.41) is 20.7. The Bertz CT molecular complexity index is 1010. The fraction of sp³-hybridized carbons (Fsp3) is 0.500. The number of thiazole rings is 1. The average molecular weight is 427 g/mol. The predicted octanol–water partition coefficient (Wildman–Crippen LogP) is 1.63. The number of carboxylic acids is 1. The molecular weight excluding hydrogens is 405 g/mol. The number of nitrogens with zero attached hydrogens (tertiary/aromatic N) is 3. The molecule has 2 aliphatic rings. The van der Waals surface area contributed by atoms with Crippen LogP contribution in [0.3, 0.4) is 0 Å². The lowest BCUT2D eigenvalue weighted by Crippen LogP contribution is -2.63. The second-order valence-corrected chi connectivity index (χ2v) is 8.96. The van der Waals surface area contributed by atoms with Gasteiger partial charge in [0, 0.05) is 11.5 Å². The molecule has 4 atom stereocenters. The van der Waals surface area contributed by atoms with Gasteiger partial charge in [0.25, 0.3) is 6.33 Å². The minimum atomic E-state index is -1.14. The maximum atomic E-state index is 12.8. The smallest absolute Gasteiger partial charge is 0.352 e. The SMILES string of the molecule is CSc1c2sc(C3=C(C(=O)O)N4C(=O)[C@H]([C@@H](C)O)[C@H]4[C@H]3C)cn2c[n+]1CCF. The molecule has 0 radical (unpaired) electrons. The molecule has 4 rings (SSSR count). The van der Waals surface area contributed by atoms with Crippen LogP contribution in [-0.4, -0.2) is 56.5 Å². The molecule has 2 N–H and O–H groups in total. The molecule has 0 aliphatic carbocycles. The van der Waals surface area contributed by atoms with E-state index in [1.165, 1.54) is 28.0 Å². The first-order valence-corrected chi connectivity index (χ1v) is 11.0. The summed E-state index contributed by atoms with van der Waals surface area (Å²) in [6.45, 7) is 3.26. The highest BCUT2D eigenvalue weighted by molar-refractivity contribution is 7.98. The summed E-state index contributed by atoms with van der Waals surface area (Å²) in [5.74, 6) is -2.27. The van der Waals surface area contributed by atoms with Crippen LogP contribution in [0.25, 0.3) is 10.4 Å². The van der Waals surface area contributed by atoms with Gasteiger partial charge in [-0.1, -0.05) is 30.0 Å². The van der Waals surface area contributed by atoms with Gasteiger partial charge in [0.15, 0.2) is 0 Å². The van der Waals surface area contributed by atoms with Gasteiger partial charge < -0.3 is 15.1 Å². The number of aliphatic carboxylic acids is 1. The highest BCUT2D eigenvalue weighted by Crippen LogP contribution is 2.51. The van der Waals surface area contributed by atoms with Gasteiger partial charge in [0.05, 0.1) is 22.9 Å². The first-order chi connectivity index (χ1) is 13.3. The Morgan fingerprint density at radius 1 is 1.50 bits per heavy atom. The Morgan fingerprint density at radius 2 is 2.21 bits per heavy atom. The van der Waals surface area contributed by atoms with Gasteiger partial charge in [-0.2, -0.15) is 4.40 Å². The van der Waals surface area contributed by atoms with E-state index in [4.69, 9.17) is 0 Å². The van der Waals surface area contributed by atoms with Gasteiger partial charge in [-0.25, -0.2) is 13.8 Å². The number of carbonyl (C=O) groups is 2.